The number of nitrogens with zero attached hydrogens (tertiary/aromatic N) is 2. The van der Waals surface area contributed by atoms with Gasteiger partial charge in [0.15, 0.2) is 0 Å². The number of aromatic nitrogens is 2. The van der Waals surface area contributed by atoms with E-state index in [1.807, 2.05) is 0 Å². The second-order valence-corrected chi connectivity index (χ2v) is 5.33. The summed E-state index contributed by atoms with van der Waals surface area (Å²) in [6.45, 7) is 0.297. The molecule has 1 aromatic heterocycles. The number of halogens is 3. The van der Waals surface area contributed by atoms with Crippen LogP contribution in [0, 0.1) is 5.92 Å². The lowest BCUT2D eigenvalue weighted by molar-refractivity contribution is -0.137. The van der Waals surface area contributed by atoms with Crippen LogP contribution in [0.3, 0.4) is 0 Å². The van der Waals surface area contributed by atoms with Crippen LogP contribution >= 0.6 is 0 Å². The first kappa shape index (κ1) is 14.6. The van der Waals surface area contributed by atoms with E-state index in [9.17, 15) is 18.0 Å². The van der Waals surface area contributed by atoms with Gasteiger partial charge >= 0.3 is 6.18 Å². The zero-order chi connectivity index (χ0) is 15.7. The molecule has 2 aromatic rings. The van der Waals surface area contributed by atoms with Crippen LogP contribution < -0.4 is 5.32 Å². The summed E-state index contributed by atoms with van der Waals surface area (Å²) in [5.74, 6) is 0.598. The fourth-order valence-corrected chi connectivity index (χ4v) is 2.11. The number of hydrogen-bond acceptors (Lipinski definition) is 2. The van der Waals surface area contributed by atoms with Crippen molar-refractivity contribution in [3.05, 3.63) is 47.7 Å². The molecule has 1 aromatic carbocycles. The summed E-state index contributed by atoms with van der Waals surface area (Å²) in [6, 6.07) is 6.58. The number of carbonyl (C=O) groups excluding carboxylic acids is 1. The number of hydrogen-bond donors (Lipinski definition) is 1. The summed E-state index contributed by atoms with van der Waals surface area (Å²) in [6.07, 6.45) is -0.988. The van der Waals surface area contributed by atoms with Crippen molar-refractivity contribution in [1.82, 2.24) is 9.78 Å². The lowest BCUT2D eigenvalue weighted by atomic mass is 10.1. The molecule has 0 unspecified atom stereocenters. The maximum absolute atomic E-state index is 12.5. The number of alkyl halides is 3. The molecule has 1 amide bonds. The molecule has 4 nitrogen and oxygen atoms in total. The molecule has 0 radical (unpaired) electrons. The molecule has 1 heterocycles. The van der Waals surface area contributed by atoms with E-state index in [-0.39, 0.29) is 11.8 Å². The number of carbonyl (C=O) groups is 1. The van der Waals surface area contributed by atoms with Crippen LogP contribution in [-0.2, 0) is 17.5 Å². The molecule has 0 bridgehead atoms. The fraction of sp³-hybridized carbons (Fsp3) is 0.333. The van der Waals surface area contributed by atoms with Gasteiger partial charge in [0.05, 0.1) is 18.3 Å². The van der Waals surface area contributed by atoms with Gasteiger partial charge in [0, 0.05) is 12.0 Å². The van der Waals surface area contributed by atoms with Gasteiger partial charge in [-0.15, -0.1) is 0 Å². The maximum Gasteiger partial charge on any atom is 0.416 e. The quantitative estimate of drug-likeness (QED) is 0.942. The van der Waals surface area contributed by atoms with Crippen molar-refractivity contribution in [3.8, 4) is 0 Å². The van der Waals surface area contributed by atoms with E-state index in [2.05, 4.69) is 10.4 Å². The molecule has 0 spiro atoms. The van der Waals surface area contributed by atoms with Crippen molar-refractivity contribution in [2.75, 3.05) is 5.32 Å². The number of benzene rings is 1. The molecule has 1 aliphatic rings. The Morgan fingerprint density at radius 2 is 1.91 bits per heavy atom. The van der Waals surface area contributed by atoms with Crippen LogP contribution in [0.2, 0.25) is 0 Å². The lowest BCUT2D eigenvalue weighted by Crippen LogP contribution is -2.17. The lowest BCUT2D eigenvalue weighted by Gasteiger charge is -2.10. The monoisotopic (exact) mass is 309 g/mol. The van der Waals surface area contributed by atoms with E-state index in [0.29, 0.717) is 17.9 Å². The average molecular weight is 309 g/mol. The molecule has 116 valence electrons. The smallest absolute Gasteiger partial charge is 0.311 e. The zero-order valence-electron chi connectivity index (χ0n) is 11.6. The molecule has 0 saturated heterocycles. The Kier molecular flexibility index (Phi) is 3.64. The molecule has 7 heteroatoms. The summed E-state index contributed by atoms with van der Waals surface area (Å²) >= 11 is 0. The first-order valence-electron chi connectivity index (χ1n) is 6.92. The molecule has 3 rings (SSSR count). The van der Waals surface area contributed by atoms with Crippen molar-refractivity contribution < 1.29 is 18.0 Å². The second kappa shape index (κ2) is 5.47. The third-order valence-electron chi connectivity index (χ3n) is 3.53. The van der Waals surface area contributed by atoms with Crippen molar-refractivity contribution in [3.63, 3.8) is 0 Å². The summed E-state index contributed by atoms with van der Waals surface area (Å²) in [7, 11) is 0. The molecule has 1 fully saturated rings. The van der Waals surface area contributed by atoms with Crippen LogP contribution in [0.1, 0.15) is 24.0 Å². The van der Waals surface area contributed by atoms with Gasteiger partial charge in [-0.2, -0.15) is 18.3 Å². The van der Waals surface area contributed by atoms with Gasteiger partial charge < -0.3 is 5.32 Å². The Labute approximate surface area is 124 Å². The van der Waals surface area contributed by atoms with E-state index in [0.717, 1.165) is 25.0 Å². The molecule has 1 aliphatic carbocycles. The van der Waals surface area contributed by atoms with Gasteiger partial charge in [0.2, 0.25) is 5.91 Å². The van der Waals surface area contributed by atoms with Crippen LogP contribution in [0.4, 0.5) is 19.0 Å². The standard InChI is InChI=1S/C15H14F3N3O/c16-15(17,18)12-5-1-10(2-6-12)9-21-13(7-8-19-21)20-14(22)11-3-4-11/h1-2,5-8,11H,3-4,9H2,(H,20,22). The molecule has 22 heavy (non-hydrogen) atoms. The average Bonchev–Trinajstić information content (AvgIpc) is 3.23. The normalized spacial score (nSPS) is 14.9. The van der Waals surface area contributed by atoms with Crippen LogP contribution in [-0.4, -0.2) is 15.7 Å². The number of rotatable bonds is 4. The Morgan fingerprint density at radius 1 is 1.23 bits per heavy atom. The van der Waals surface area contributed by atoms with Crippen molar-refractivity contribution in [1.29, 1.82) is 0 Å². The fourth-order valence-electron chi connectivity index (χ4n) is 2.11. The highest BCUT2D eigenvalue weighted by atomic mass is 19.4. The number of nitrogens with one attached hydrogen (secondary N) is 1. The molecule has 0 aliphatic heterocycles. The molecular formula is C15H14F3N3O. The zero-order valence-corrected chi connectivity index (χ0v) is 11.6. The van der Waals surface area contributed by atoms with Gasteiger partial charge in [-0.1, -0.05) is 12.1 Å². The maximum atomic E-state index is 12.5. The van der Waals surface area contributed by atoms with Gasteiger partial charge in [0.1, 0.15) is 5.82 Å². The highest BCUT2D eigenvalue weighted by Gasteiger charge is 2.31. The first-order chi connectivity index (χ1) is 10.4. The SMILES string of the molecule is O=C(Nc1ccnn1Cc1ccc(C(F)(F)F)cc1)C1CC1. The van der Waals surface area contributed by atoms with E-state index in [1.54, 1.807) is 16.9 Å². The Morgan fingerprint density at radius 3 is 2.50 bits per heavy atom. The van der Waals surface area contributed by atoms with Gasteiger partial charge in [-0.3, -0.25) is 4.79 Å². The Bertz CT molecular complexity index is 672. The molecule has 1 saturated carbocycles. The van der Waals surface area contributed by atoms with Crippen LogP contribution in [0.5, 0.6) is 0 Å². The number of anilines is 1. The van der Waals surface area contributed by atoms with Crippen molar-refractivity contribution >= 4 is 11.7 Å². The van der Waals surface area contributed by atoms with E-state index >= 15 is 0 Å². The van der Waals surface area contributed by atoms with E-state index < -0.39 is 11.7 Å². The molecule has 1 N–H and O–H groups in total. The third kappa shape index (κ3) is 3.29. The van der Waals surface area contributed by atoms with E-state index in [4.69, 9.17) is 0 Å². The number of amides is 1. The first-order valence-corrected chi connectivity index (χ1v) is 6.92. The van der Waals surface area contributed by atoms with Crippen molar-refractivity contribution in [2.45, 2.75) is 25.6 Å². The van der Waals surface area contributed by atoms with Crippen LogP contribution in [0.25, 0.3) is 0 Å². The van der Waals surface area contributed by atoms with Crippen LogP contribution in [0.15, 0.2) is 36.5 Å². The molecular weight excluding hydrogens is 295 g/mol. The summed E-state index contributed by atoms with van der Waals surface area (Å²) in [5.41, 5.74) is -0.00223. The van der Waals surface area contributed by atoms with E-state index in [1.165, 1.54) is 12.1 Å². The van der Waals surface area contributed by atoms with Gasteiger partial charge in [-0.25, -0.2) is 4.68 Å². The Hall–Kier alpha value is -2.31. The largest absolute Gasteiger partial charge is 0.416 e. The molecule has 0 atom stereocenters. The predicted octanol–water partition coefficient (Wildman–Crippen LogP) is 3.30. The second-order valence-electron chi connectivity index (χ2n) is 5.33. The minimum Gasteiger partial charge on any atom is -0.311 e. The Balaban J connectivity index is 1.70. The summed E-state index contributed by atoms with van der Waals surface area (Å²) in [5, 5.41) is 6.89. The summed E-state index contributed by atoms with van der Waals surface area (Å²) < 4.78 is 39.1. The highest BCUT2D eigenvalue weighted by Crippen LogP contribution is 2.30. The van der Waals surface area contributed by atoms with Crippen molar-refractivity contribution in [2.24, 2.45) is 5.92 Å². The minimum absolute atomic E-state index is 0.0332. The minimum atomic E-state index is -4.34. The third-order valence-corrected chi connectivity index (χ3v) is 3.53. The van der Waals surface area contributed by atoms with Gasteiger partial charge in [0.25, 0.3) is 0 Å². The topological polar surface area (TPSA) is 46.9 Å². The predicted molar refractivity (Wildman–Crippen MR) is 74.1 cm³/mol. The highest BCUT2D eigenvalue weighted by molar-refractivity contribution is 5.93. The summed E-state index contributed by atoms with van der Waals surface area (Å²) in [4.78, 5) is 11.8. The van der Waals surface area contributed by atoms with Gasteiger partial charge in [-0.05, 0) is 30.5 Å².